The fourth-order valence-electron chi connectivity index (χ4n) is 4.36. The van der Waals surface area contributed by atoms with Crippen LogP contribution >= 0.6 is 0 Å². The molecule has 1 aliphatic carbocycles. The van der Waals surface area contributed by atoms with Crippen LogP contribution in [0.15, 0.2) is 28.9 Å². The molecule has 0 spiro atoms. The minimum atomic E-state index is -0.884. The van der Waals surface area contributed by atoms with Gasteiger partial charge in [0.15, 0.2) is 0 Å². The van der Waals surface area contributed by atoms with E-state index in [4.69, 9.17) is 9.15 Å². The molecule has 3 aromatic rings. The van der Waals surface area contributed by atoms with Gasteiger partial charge in [-0.05, 0) is 63.3 Å². The molecule has 0 saturated heterocycles. The summed E-state index contributed by atoms with van der Waals surface area (Å²) in [6.45, 7) is 5.60. The highest BCUT2D eigenvalue weighted by atomic mass is 19.1. The lowest BCUT2D eigenvalue weighted by molar-refractivity contribution is 0.0677. The number of alkyl halides is 1. The molecule has 1 N–H and O–H groups in total. The van der Waals surface area contributed by atoms with Gasteiger partial charge in [0, 0.05) is 12.1 Å². The number of nitrogens with one attached hydrogen (secondary N) is 1. The van der Waals surface area contributed by atoms with Gasteiger partial charge < -0.3 is 19.4 Å². The van der Waals surface area contributed by atoms with E-state index in [1.807, 2.05) is 24.0 Å². The van der Waals surface area contributed by atoms with Crippen molar-refractivity contribution in [3.8, 4) is 5.75 Å². The Morgan fingerprint density at radius 2 is 2.19 bits per heavy atom. The Labute approximate surface area is 179 Å². The second kappa shape index (κ2) is 7.21. The second-order valence-corrected chi connectivity index (χ2v) is 8.66. The first kappa shape index (κ1) is 19.8. The molecule has 0 radical (unpaired) electrons. The number of rotatable bonds is 5. The SMILES string of the molecule is Cc1oc2ncnc(NC3(C)CC3)c2c1C(=O)N1CCc2ccc(OCF)cc2C1C. The van der Waals surface area contributed by atoms with E-state index in [1.165, 1.54) is 6.33 Å². The molecule has 0 bridgehead atoms. The van der Waals surface area contributed by atoms with Gasteiger partial charge >= 0.3 is 0 Å². The van der Waals surface area contributed by atoms with Gasteiger partial charge in [0.2, 0.25) is 12.6 Å². The molecule has 1 aromatic carbocycles. The van der Waals surface area contributed by atoms with Crippen molar-refractivity contribution in [2.75, 3.05) is 18.7 Å². The normalized spacial score (nSPS) is 19.2. The molecule has 1 unspecified atom stereocenters. The number of aromatic nitrogens is 2. The third-order valence-corrected chi connectivity index (χ3v) is 6.44. The van der Waals surface area contributed by atoms with Gasteiger partial charge in [-0.25, -0.2) is 14.4 Å². The quantitative estimate of drug-likeness (QED) is 0.647. The van der Waals surface area contributed by atoms with Crippen molar-refractivity contribution in [3.63, 3.8) is 0 Å². The largest absolute Gasteiger partial charge is 0.463 e. The molecular formula is C23H25FN4O3. The summed E-state index contributed by atoms with van der Waals surface area (Å²) in [4.78, 5) is 24.2. The fourth-order valence-corrected chi connectivity index (χ4v) is 4.36. The van der Waals surface area contributed by atoms with Gasteiger partial charge in [0.1, 0.15) is 23.7 Å². The summed E-state index contributed by atoms with van der Waals surface area (Å²) in [5.41, 5.74) is 3.01. The highest BCUT2D eigenvalue weighted by Crippen LogP contribution is 2.41. The van der Waals surface area contributed by atoms with E-state index in [0.717, 1.165) is 30.4 Å². The number of ether oxygens (including phenoxy) is 1. The zero-order chi connectivity index (χ0) is 21.8. The van der Waals surface area contributed by atoms with Crippen molar-refractivity contribution >= 4 is 22.8 Å². The number of anilines is 1. The second-order valence-electron chi connectivity index (χ2n) is 8.66. The molecule has 1 aliphatic heterocycles. The van der Waals surface area contributed by atoms with E-state index < -0.39 is 6.86 Å². The smallest absolute Gasteiger partial charge is 0.258 e. The molecule has 7 nitrogen and oxygen atoms in total. The summed E-state index contributed by atoms with van der Waals surface area (Å²) in [6, 6.07) is 5.35. The number of amides is 1. The van der Waals surface area contributed by atoms with Crippen LogP contribution in [-0.2, 0) is 6.42 Å². The lowest BCUT2D eigenvalue weighted by Gasteiger charge is -2.35. The van der Waals surface area contributed by atoms with E-state index in [1.54, 1.807) is 13.0 Å². The van der Waals surface area contributed by atoms with Crippen LogP contribution in [0, 0.1) is 6.92 Å². The molecule has 5 rings (SSSR count). The summed E-state index contributed by atoms with van der Waals surface area (Å²) < 4.78 is 23.5. The Balaban J connectivity index is 1.53. The topological polar surface area (TPSA) is 80.5 Å². The predicted octanol–water partition coefficient (Wildman–Crippen LogP) is 4.56. The number of fused-ring (bicyclic) bond motifs is 2. The molecule has 2 aromatic heterocycles. The number of furan rings is 1. The Morgan fingerprint density at radius 1 is 1.39 bits per heavy atom. The van der Waals surface area contributed by atoms with E-state index in [2.05, 4.69) is 22.2 Å². The molecule has 2 aliphatic rings. The monoisotopic (exact) mass is 424 g/mol. The molecule has 162 valence electrons. The Kier molecular flexibility index (Phi) is 4.60. The standard InChI is InChI=1S/C23H25FN4O3/c1-13-17-10-16(30-11-24)5-4-15(17)6-9-28(13)22(29)18-14(2)31-21-19(18)20(25-12-26-21)27-23(3)7-8-23/h4-5,10,12-13H,6-9,11H2,1-3H3,(H,25,26,27). The van der Waals surface area contributed by atoms with E-state index in [9.17, 15) is 9.18 Å². The maximum atomic E-state index is 13.8. The molecule has 1 amide bonds. The number of hydrogen-bond acceptors (Lipinski definition) is 6. The molecule has 1 saturated carbocycles. The zero-order valence-electron chi connectivity index (χ0n) is 17.9. The summed E-state index contributed by atoms with van der Waals surface area (Å²) in [7, 11) is 0. The minimum Gasteiger partial charge on any atom is -0.463 e. The van der Waals surface area contributed by atoms with Crippen molar-refractivity contribution < 1.29 is 18.3 Å². The summed E-state index contributed by atoms with van der Waals surface area (Å²) in [6.07, 6.45) is 4.29. The molecule has 1 fully saturated rings. The average molecular weight is 424 g/mol. The van der Waals surface area contributed by atoms with Gasteiger partial charge in [0.25, 0.3) is 5.91 Å². The van der Waals surface area contributed by atoms with Crippen LogP contribution in [0.2, 0.25) is 0 Å². The van der Waals surface area contributed by atoms with Gasteiger partial charge in [-0.3, -0.25) is 4.79 Å². The van der Waals surface area contributed by atoms with Crippen LogP contribution in [0.5, 0.6) is 5.75 Å². The average Bonchev–Trinajstić information content (AvgIpc) is 3.36. The number of carbonyl (C=O) groups excluding carboxylic acids is 1. The number of hydrogen-bond donors (Lipinski definition) is 1. The molecule has 3 heterocycles. The van der Waals surface area contributed by atoms with Crippen molar-refractivity contribution in [1.82, 2.24) is 14.9 Å². The Hall–Kier alpha value is -3.16. The highest BCUT2D eigenvalue weighted by Gasteiger charge is 2.39. The van der Waals surface area contributed by atoms with E-state index in [0.29, 0.717) is 40.5 Å². The van der Waals surface area contributed by atoms with Crippen LogP contribution in [0.3, 0.4) is 0 Å². The minimum absolute atomic E-state index is 0.00302. The fraction of sp³-hybridized carbons (Fsp3) is 0.435. The van der Waals surface area contributed by atoms with Crippen molar-refractivity contribution in [2.24, 2.45) is 0 Å². The first-order valence-electron chi connectivity index (χ1n) is 10.5. The van der Waals surface area contributed by atoms with Crippen molar-refractivity contribution in [2.45, 2.75) is 51.6 Å². The number of carbonyl (C=O) groups is 1. The number of benzene rings is 1. The van der Waals surface area contributed by atoms with Crippen LogP contribution in [0.25, 0.3) is 11.1 Å². The third kappa shape index (κ3) is 3.40. The number of halogens is 1. The number of aryl methyl sites for hydroxylation is 1. The summed E-state index contributed by atoms with van der Waals surface area (Å²) >= 11 is 0. The maximum absolute atomic E-state index is 13.8. The highest BCUT2D eigenvalue weighted by molar-refractivity contribution is 6.10. The van der Waals surface area contributed by atoms with Gasteiger partial charge in [-0.2, -0.15) is 0 Å². The molecule has 8 heteroatoms. The molecular weight excluding hydrogens is 399 g/mol. The number of nitrogens with zero attached hydrogens (tertiary/aromatic N) is 3. The van der Waals surface area contributed by atoms with Crippen LogP contribution in [0.1, 0.15) is 60.0 Å². The molecule has 1 atom stereocenters. The van der Waals surface area contributed by atoms with Crippen LogP contribution < -0.4 is 10.1 Å². The van der Waals surface area contributed by atoms with Gasteiger partial charge in [0.05, 0.1) is 17.0 Å². The van der Waals surface area contributed by atoms with E-state index in [-0.39, 0.29) is 17.5 Å². The maximum Gasteiger partial charge on any atom is 0.258 e. The third-order valence-electron chi connectivity index (χ3n) is 6.44. The van der Waals surface area contributed by atoms with E-state index >= 15 is 0 Å². The van der Waals surface area contributed by atoms with Gasteiger partial charge in [-0.1, -0.05) is 6.07 Å². The summed E-state index contributed by atoms with van der Waals surface area (Å²) in [5.74, 6) is 1.50. The lowest BCUT2D eigenvalue weighted by atomic mass is 9.92. The van der Waals surface area contributed by atoms with Crippen molar-refractivity contribution in [1.29, 1.82) is 0 Å². The lowest BCUT2D eigenvalue weighted by Crippen LogP contribution is -2.39. The zero-order valence-corrected chi connectivity index (χ0v) is 17.9. The Bertz CT molecular complexity index is 1170. The van der Waals surface area contributed by atoms with Gasteiger partial charge in [-0.15, -0.1) is 0 Å². The van der Waals surface area contributed by atoms with Crippen LogP contribution in [0.4, 0.5) is 10.2 Å². The Morgan fingerprint density at radius 3 is 2.94 bits per heavy atom. The first-order valence-corrected chi connectivity index (χ1v) is 10.5. The summed E-state index contributed by atoms with van der Waals surface area (Å²) in [5, 5.41) is 4.09. The molecule has 31 heavy (non-hydrogen) atoms. The van der Waals surface area contributed by atoms with Crippen molar-refractivity contribution in [3.05, 3.63) is 47.0 Å². The van der Waals surface area contributed by atoms with Crippen LogP contribution in [-0.4, -0.2) is 39.7 Å². The first-order chi connectivity index (χ1) is 14.9. The predicted molar refractivity (Wildman–Crippen MR) is 114 cm³/mol.